The summed E-state index contributed by atoms with van der Waals surface area (Å²) in [6.45, 7) is 4.42. The van der Waals surface area contributed by atoms with Gasteiger partial charge in [-0.25, -0.2) is 13.8 Å². The molecule has 4 aromatic rings. The van der Waals surface area contributed by atoms with Crippen LogP contribution in [-0.4, -0.2) is 86.8 Å². The number of nitrogens with one attached hydrogen (secondary N) is 1. The first kappa shape index (κ1) is 25.6. The van der Waals surface area contributed by atoms with Crippen LogP contribution in [-0.2, 0) is 0 Å². The Morgan fingerprint density at radius 2 is 1.92 bits per heavy atom. The molecule has 206 valence electrons. The first-order valence-corrected chi connectivity index (χ1v) is 15.4. The van der Waals surface area contributed by atoms with E-state index in [-0.39, 0.29) is 12.8 Å². The summed E-state index contributed by atoms with van der Waals surface area (Å²) in [5, 5.41) is 18.8. The van der Waals surface area contributed by atoms with Crippen molar-refractivity contribution in [1.29, 1.82) is 0 Å². The van der Waals surface area contributed by atoms with Gasteiger partial charge in [0.2, 0.25) is 5.16 Å². The second-order valence-electron chi connectivity index (χ2n) is 11.1. The van der Waals surface area contributed by atoms with Gasteiger partial charge in [0.15, 0.2) is 10.8 Å². The van der Waals surface area contributed by atoms with E-state index in [4.69, 9.17) is 10.1 Å². The number of hydrogen-bond donors (Lipinski definition) is 1. The lowest BCUT2D eigenvalue weighted by Crippen LogP contribution is -2.41. The average molecular weight is 571 g/mol. The third-order valence-corrected chi connectivity index (χ3v) is 9.95. The molecule has 1 aromatic carbocycles. The number of likely N-dealkylation sites (tertiary alicyclic amines) is 2. The fourth-order valence-corrected chi connectivity index (χ4v) is 7.55. The molecule has 0 amide bonds. The number of halogens is 2. The standard InChI is InChI=1S/C27H32F2N8S2/c1-35-10-6-18(16-35)20-14-19(38-26-33-32-23-5-4-21(17-2-3-17)34-37(23)26)15-22-24(20)31-25(39-22)30-9-13-36-11-7-27(28,29)8-12-36/h4-5,14-15,17-18H,2-3,6-13,16H2,1H3,(H,30,31)/t18-/m1/s1. The summed E-state index contributed by atoms with van der Waals surface area (Å²) in [5.41, 5.74) is 4.22. The lowest BCUT2D eigenvalue weighted by molar-refractivity contribution is -0.0543. The Morgan fingerprint density at radius 1 is 1.08 bits per heavy atom. The van der Waals surface area contributed by atoms with Gasteiger partial charge in [-0.2, -0.15) is 9.61 Å². The lowest BCUT2D eigenvalue weighted by Gasteiger charge is -2.31. The Hall–Kier alpha value is -2.41. The molecule has 0 spiro atoms. The van der Waals surface area contributed by atoms with Crippen LogP contribution < -0.4 is 5.32 Å². The van der Waals surface area contributed by atoms with Gasteiger partial charge >= 0.3 is 0 Å². The molecule has 0 bridgehead atoms. The molecule has 5 heterocycles. The molecular weight excluding hydrogens is 538 g/mol. The zero-order chi connectivity index (χ0) is 26.6. The van der Waals surface area contributed by atoms with Crippen LogP contribution in [0.4, 0.5) is 13.9 Å². The second kappa shape index (κ2) is 10.2. The molecular formula is C27H32F2N8S2. The van der Waals surface area contributed by atoms with Crippen molar-refractivity contribution in [3.8, 4) is 0 Å². The van der Waals surface area contributed by atoms with Crippen LogP contribution >= 0.6 is 23.1 Å². The fraction of sp³-hybridized carbons (Fsp3) is 0.556. The van der Waals surface area contributed by atoms with Crippen molar-refractivity contribution in [3.05, 3.63) is 35.5 Å². The van der Waals surface area contributed by atoms with Crippen LogP contribution in [0.25, 0.3) is 15.9 Å². The Kier molecular flexibility index (Phi) is 6.69. The number of likely N-dealkylation sites (N-methyl/N-ethyl adjacent to an activating group) is 1. The summed E-state index contributed by atoms with van der Waals surface area (Å²) in [7, 11) is 2.17. The van der Waals surface area contributed by atoms with Gasteiger partial charge in [-0.15, -0.1) is 10.2 Å². The van der Waals surface area contributed by atoms with Gasteiger partial charge in [0.25, 0.3) is 5.92 Å². The normalized spacial score (nSPS) is 22.3. The first-order chi connectivity index (χ1) is 18.9. The number of nitrogens with zero attached hydrogens (tertiary/aromatic N) is 7. The minimum absolute atomic E-state index is 0.0491. The molecule has 39 heavy (non-hydrogen) atoms. The van der Waals surface area contributed by atoms with E-state index in [0.717, 1.165) is 62.8 Å². The minimum atomic E-state index is -2.51. The predicted octanol–water partition coefficient (Wildman–Crippen LogP) is 5.32. The SMILES string of the molecule is CN1CC[C@@H](c2cc(Sc3nnc4ccc(C5CC5)nn34)cc3sc(NCCN4CCC(F)(F)CC4)nc23)C1. The Morgan fingerprint density at radius 3 is 2.69 bits per heavy atom. The molecule has 7 rings (SSSR count). The first-order valence-electron chi connectivity index (χ1n) is 13.8. The molecule has 2 saturated heterocycles. The maximum atomic E-state index is 13.5. The summed E-state index contributed by atoms with van der Waals surface area (Å²) < 4.78 is 30.0. The largest absolute Gasteiger partial charge is 0.360 e. The molecule has 0 radical (unpaired) electrons. The molecule has 3 aromatic heterocycles. The number of hydrogen-bond acceptors (Lipinski definition) is 9. The number of rotatable bonds is 8. The van der Waals surface area contributed by atoms with E-state index in [9.17, 15) is 8.78 Å². The van der Waals surface area contributed by atoms with Gasteiger partial charge in [0.1, 0.15) is 0 Å². The predicted molar refractivity (Wildman–Crippen MR) is 150 cm³/mol. The van der Waals surface area contributed by atoms with E-state index in [1.807, 2.05) is 10.6 Å². The van der Waals surface area contributed by atoms with Crippen LogP contribution in [0.3, 0.4) is 0 Å². The smallest absolute Gasteiger partial charge is 0.250 e. The fourth-order valence-electron chi connectivity index (χ4n) is 5.64. The molecule has 1 saturated carbocycles. The molecule has 2 aliphatic heterocycles. The van der Waals surface area contributed by atoms with Crippen LogP contribution in [0.5, 0.6) is 0 Å². The molecule has 1 aliphatic carbocycles. The molecule has 0 unspecified atom stereocenters. The Balaban J connectivity index is 1.13. The highest BCUT2D eigenvalue weighted by molar-refractivity contribution is 7.99. The number of thiazole rings is 1. The lowest BCUT2D eigenvalue weighted by atomic mass is 9.97. The number of alkyl halides is 2. The molecule has 8 nitrogen and oxygen atoms in total. The summed E-state index contributed by atoms with van der Waals surface area (Å²) in [6.07, 6.45) is 3.42. The third-order valence-electron chi connectivity index (χ3n) is 8.08. The number of piperidine rings is 1. The Bertz CT molecular complexity index is 1490. The highest BCUT2D eigenvalue weighted by Crippen LogP contribution is 2.41. The topological polar surface area (TPSA) is 74.5 Å². The van der Waals surface area contributed by atoms with E-state index in [1.54, 1.807) is 23.1 Å². The highest BCUT2D eigenvalue weighted by atomic mass is 32.2. The molecule has 1 atom stereocenters. The zero-order valence-corrected chi connectivity index (χ0v) is 23.6. The van der Waals surface area contributed by atoms with Gasteiger partial charge in [-0.1, -0.05) is 11.3 Å². The number of benzene rings is 1. The second-order valence-corrected chi connectivity index (χ2v) is 13.2. The van der Waals surface area contributed by atoms with E-state index in [1.165, 1.54) is 18.4 Å². The van der Waals surface area contributed by atoms with Crippen molar-refractivity contribution in [2.75, 3.05) is 51.6 Å². The quantitative estimate of drug-likeness (QED) is 0.305. The van der Waals surface area contributed by atoms with Gasteiger partial charge in [0, 0.05) is 62.3 Å². The minimum Gasteiger partial charge on any atom is -0.360 e. The van der Waals surface area contributed by atoms with Crippen LogP contribution in [0.15, 0.2) is 34.3 Å². The van der Waals surface area contributed by atoms with Crippen molar-refractivity contribution in [1.82, 2.24) is 34.6 Å². The van der Waals surface area contributed by atoms with E-state index in [2.05, 4.69) is 50.6 Å². The van der Waals surface area contributed by atoms with Gasteiger partial charge in [0.05, 0.1) is 15.9 Å². The maximum absolute atomic E-state index is 13.5. The van der Waals surface area contributed by atoms with Gasteiger partial charge in [-0.05, 0) is 74.4 Å². The number of fused-ring (bicyclic) bond motifs is 2. The maximum Gasteiger partial charge on any atom is 0.250 e. The molecule has 3 aliphatic rings. The average Bonchev–Trinajstić information content (AvgIpc) is 3.36. The van der Waals surface area contributed by atoms with Crippen LogP contribution in [0.2, 0.25) is 0 Å². The summed E-state index contributed by atoms with van der Waals surface area (Å²) >= 11 is 3.26. The third kappa shape index (κ3) is 5.48. The number of anilines is 1. The van der Waals surface area contributed by atoms with E-state index >= 15 is 0 Å². The van der Waals surface area contributed by atoms with Crippen molar-refractivity contribution in [3.63, 3.8) is 0 Å². The van der Waals surface area contributed by atoms with E-state index in [0.29, 0.717) is 31.5 Å². The highest BCUT2D eigenvalue weighted by Gasteiger charge is 2.33. The summed E-state index contributed by atoms with van der Waals surface area (Å²) in [5.74, 6) is -1.51. The molecule has 12 heteroatoms. The van der Waals surface area contributed by atoms with Gasteiger partial charge < -0.3 is 15.1 Å². The number of aromatic nitrogens is 5. The zero-order valence-electron chi connectivity index (χ0n) is 21.9. The van der Waals surface area contributed by atoms with Crippen LogP contribution in [0, 0.1) is 0 Å². The van der Waals surface area contributed by atoms with Crippen molar-refractivity contribution in [2.24, 2.45) is 0 Å². The van der Waals surface area contributed by atoms with Crippen molar-refractivity contribution >= 4 is 44.1 Å². The summed E-state index contributed by atoms with van der Waals surface area (Å²) in [6, 6.07) is 8.56. The summed E-state index contributed by atoms with van der Waals surface area (Å²) in [4.78, 5) is 10.6. The van der Waals surface area contributed by atoms with E-state index < -0.39 is 5.92 Å². The Labute approximate surface area is 234 Å². The van der Waals surface area contributed by atoms with Crippen molar-refractivity contribution < 1.29 is 8.78 Å². The molecule has 1 N–H and O–H groups in total. The van der Waals surface area contributed by atoms with Gasteiger partial charge in [-0.3, -0.25) is 0 Å². The van der Waals surface area contributed by atoms with Crippen molar-refractivity contribution in [2.45, 2.75) is 59.9 Å². The molecule has 3 fully saturated rings. The monoisotopic (exact) mass is 570 g/mol. The van der Waals surface area contributed by atoms with Crippen LogP contribution in [0.1, 0.15) is 55.2 Å².